The lowest BCUT2D eigenvalue weighted by atomic mass is 9.89. The lowest BCUT2D eigenvalue weighted by Gasteiger charge is -2.29. The van der Waals surface area contributed by atoms with E-state index in [9.17, 15) is 9.59 Å². The quantitative estimate of drug-likeness (QED) is 0.713. The highest BCUT2D eigenvalue weighted by Crippen LogP contribution is 2.31. The van der Waals surface area contributed by atoms with Crippen LogP contribution < -0.4 is 15.4 Å². The number of urea groups is 1. The van der Waals surface area contributed by atoms with Crippen LogP contribution in [0.2, 0.25) is 5.02 Å². The van der Waals surface area contributed by atoms with Crippen LogP contribution >= 0.6 is 11.6 Å². The van der Waals surface area contributed by atoms with Gasteiger partial charge in [0.1, 0.15) is 12.4 Å². The minimum Gasteiger partial charge on any atom is -0.489 e. The lowest BCUT2D eigenvalue weighted by Crippen LogP contribution is -2.45. The first kappa shape index (κ1) is 20.7. The van der Waals surface area contributed by atoms with Crippen molar-refractivity contribution in [2.75, 3.05) is 7.11 Å². The molecule has 0 spiro atoms. The third-order valence-electron chi connectivity index (χ3n) is 4.92. The van der Waals surface area contributed by atoms with Crippen molar-refractivity contribution in [3.05, 3.63) is 74.9 Å². The second kappa shape index (κ2) is 8.57. The maximum Gasteiger partial charge on any atom is 0.337 e. The third kappa shape index (κ3) is 4.54. The highest BCUT2D eigenvalue weighted by Gasteiger charge is 2.33. The molecule has 0 aliphatic carbocycles. The smallest absolute Gasteiger partial charge is 0.337 e. The molecule has 0 radical (unpaired) electrons. The second-order valence-corrected chi connectivity index (χ2v) is 7.38. The molecule has 2 amide bonds. The van der Waals surface area contributed by atoms with E-state index in [4.69, 9.17) is 21.1 Å². The number of carbonyl (C=O) groups is 2. The van der Waals surface area contributed by atoms with E-state index in [0.717, 1.165) is 22.3 Å². The molecule has 0 fully saturated rings. The number of hydrogen-bond donors (Lipinski definition) is 2. The SMILES string of the molecule is COC(=O)C1=C(C)NC(=O)NC1c1cc(COc2ccc(Cl)cc2)c(C)cc1C. The van der Waals surface area contributed by atoms with Crippen LogP contribution in [-0.4, -0.2) is 19.1 Å². The maximum absolute atomic E-state index is 12.4. The van der Waals surface area contributed by atoms with E-state index >= 15 is 0 Å². The van der Waals surface area contributed by atoms with Gasteiger partial charge in [-0.3, -0.25) is 0 Å². The molecule has 2 N–H and O–H groups in total. The summed E-state index contributed by atoms with van der Waals surface area (Å²) in [4.78, 5) is 24.4. The highest BCUT2D eigenvalue weighted by atomic mass is 35.5. The van der Waals surface area contributed by atoms with Gasteiger partial charge >= 0.3 is 12.0 Å². The predicted octanol–water partition coefficient (Wildman–Crippen LogP) is 4.34. The van der Waals surface area contributed by atoms with Gasteiger partial charge in [-0.2, -0.15) is 0 Å². The number of benzene rings is 2. The van der Waals surface area contributed by atoms with Crippen molar-refractivity contribution in [3.63, 3.8) is 0 Å². The monoisotopic (exact) mass is 414 g/mol. The zero-order chi connectivity index (χ0) is 21.1. The van der Waals surface area contributed by atoms with Crippen molar-refractivity contribution in [2.45, 2.75) is 33.4 Å². The van der Waals surface area contributed by atoms with Crippen molar-refractivity contribution in [3.8, 4) is 5.75 Å². The fraction of sp³-hybridized carbons (Fsp3) is 0.273. The Kier molecular flexibility index (Phi) is 6.13. The first-order chi connectivity index (χ1) is 13.8. The summed E-state index contributed by atoms with van der Waals surface area (Å²) in [6.45, 7) is 5.98. The summed E-state index contributed by atoms with van der Waals surface area (Å²) in [6, 6.07) is 10.2. The van der Waals surface area contributed by atoms with Gasteiger partial charge < -0.3 is 20.1 Å². The maximum atomic E-state index is 12.4. The van der Waals surface area contributed by atoms with Crippen LogP contribution in [0.25, 0.3) is 0 Å². The zero-order valence-electron chi connectivity index (χ0n) is 16.8. The van der Waals surface area contributed by atoms with Crippen LogP contribution in [0.4, 0.5) is 4.79 Å². The molecular formula is C22H23ClN2O4. The van der Waals surface area contributed by atoms with Crippen molar-refractivity contribution >= 4 is 23.6 Å². The molecule has 6 nitrogen and oxygen atoms in total. The molecule has 1 aliphatic heterocycles. The molecule has 7 heteroatoms. The molecular weight excluding hydrogens is 392 g/mol. The fourth-order valence-corrected chi connectivity index (χ4v) is 3.51. The van der Waals surface area contributed by atoms with Gasteiger partial charge in [-0.1, -0.05) is 17.7 Å². The van der Waals surface area contributed by atoms with Crippen LogP contribution in [0.3, 0.4) is 0 Å². The Morgan fingerprint density at radius 3 is 2.45 bits per heavy atom. The number of esters is 1. The highest BCUT2D eigenvalue weighted by molar-refractivity contribution is 6.30. The molecule has 0 saturated carbocycles. The number of carbonyl (C=O) groups excluding carboxylic acids is 2. The standard InChI is InChI=1S/C22H23ClN2O4/c1-12-9-13(2)18(10-15(12)11-29-17-7-5-16(23)6-8-17)20-19(21(26)28-4)14(3)24-22(27)25-20/h5-10,20H,11H2,1-4H3,(H2,24,25,27). The summed E-state index contributed by atoms with van der Waals surface area (Å²) < 4.78 is 10.8. The Morgan fingerprint density at radius 1 is 1.10 bits per heavy atom. The predicted molar refractivity (Wildman–Crippen MR) is 111 cm³/mol. The number of aryl methyl sites for hydroxylation is 2. The van der Waals surface area contributed by atoms with E-state index < -0.39 is 12.0 Å². The molecule has 1 heterocycles. The molecule has 1 aliphatic rings. The fourth-order valence-electron chi connectivity index (χ4n) is 3.38. The van der Waals surface area contributed by atoms with Crippen molar-refractivity contribution in [1.29, 1.82) is 0 Å². The van der Waals surface area contributed by atoms with E-state index in [1.807, 2.05) is 26.0 Å². The molecule has 1 atom stereocenters. The lowest BCUT2D eigenvalue weighted by molar-refractivity contribution is -0.136. The molecule has 0 aromatic heterocycles. The summed E-state index contributed by atoms with van der Waals surface area (Å²) in [5.41, 5.74) is 4.64. The minimum atomic E-state index is -0.605. The molecule has 3 rings (SSSR count). The third-order valence-corrected chi connectivity index (χ3v) is 5.17. The van der Waals surface area contributed by atoms with Crippen molar-refractivity contribution < 1.29 is 19.1 Å². The molecule has 2 aromatic carbocycles. The van der Waals surface area contributed by atoms with Gasteiger partial charge in [0.15, 0.2) is 0 Å². The van der Waals surface area contributed by atoms with Gasteiger partial charge in [0, 0.05) is 10.7 Å². The van der Waals surface area contributed by atoms with Gasteiger partial charge in [0.2, 0.25) is 0 Å². The van der Waals surface area contributed by atoms with Crippen LogP contribution in [0.5, 0.6) is 5.75 Å². The Labute approximate surface area is 174 Å². The number of amides is 2. The topological polar surface area (TPSA) is 76.7 Å². The van der Waals surface area contributed by atoms with Crippen molar-refractivity contribution in [2.24, 2.45) is 0 Å². The first-order valence-corrected chi connectivity index (χ1v) is 9.53. The first-order valence-electron chi connectivity index (χ1n) is 9.15. The number of methoxy groups -OCH3 is 1. The summed E-state index contributed by atoms with van der Waals surface area (Å²) in [6.07, 6.45) is 0. The molecule has 29 heavy (non-hydrogen) atoms. The number of allylic oxidation sites excluding steroid dienone is 1. The molecule has 0 bridgehead atoms. The Morgan fingerprint density at radius 2 is 1.79 bits per heavy atom. The van der Waals surface area contributed by atoms with E-state index in [0.29, 0.717) is 28.6 Å². The van der Waals surface area contributed by atoms with Crippen molar-refractivity contribution in [1.82, 2.24) is 10.6 Å². The van der Waals surface area contributed by atoms with Gasteiger partial charge in [0.25, 0.3) is 0 Å². The molecule has 2 aromatic rings. The Bertz CT molecular complexity index is 983. The van der Waals surface area contributed by atoms with E-state index in [2.05, 4.69) is 10.6 Å². The average molecular weight is 415 g/mol. The van der Waals surface area contributed by atoms with Crippen LogP contribution in [0, 0.1) is 13.8 Å². The molecule has 1 unspecified atom stereocenters. The summed E-state index contributed by atoms with van der Waals surface area (Å²) in [5, 5.41) is 6.11. The normalized spacial score (nSPS) is 16.2. The second-order valence-electron chi connectivity index (χ2n) is 6.94. The summed E-state index contributed by atoms with van der Waals surface area (Å²) >= 11 is 5.92. The van der Waals surface area contributed by atoms with E-state index in [1.165, 1.54) is 7.11 Å². The van der Waals surface area contributed by atoms with Crippen LogP contribution in [0.15, 0.2) is 47.7 Å². The minimum absolute atomic E-state index is 0.343. The number of ether oxygens (including phenoxy) is 2. The Balaban J connectivity index is 1.95. The summed E-state index contributed by atoms with van der Waals surface area (Å²) in [7, 11) is 1.32. The largest absolute Gasteiger partial charge is 0.489 e. The van der Waals surface area contributed by atoms with E-state index in [1.54, 1.807) is 31.2 Å². The van der Waals surface area contributed by atoms with Gasteiger partial charge in [0.05, 0.1) is 18.7 Å². The van der Waals surface area contributed by atoms with E-state index in [-0.39, 0.29) is 6.03 Å². The van der Waals surface area contributed by atoms with Crippen LogP contribution in [0.1, 0.15) is 35.2 Å². The number of nitrogens with one attached hydrogen (secondary N) is 2. The molecule has 0 saturated heterocycles. The molecule has 152 valence electrons. The van der Waals surface area contributed by atoms with Gasteiger partial charge in [-0.15, -0.1) is 0 Å². The average Bonchev–Trinajstić information content (AvgIpc) is 2.67. The number of rotatable bonds is 5. The number of hydrogen-bond acceptors (Lipinski definition) is 4. The Hall–Kier alpha value is -2.99. The van der Waals surface area contributed by atoms with Gasteiger partial charge in [-0.25, -0.2) is 9.59 Å². The number of halogens is 1. The zero-order valence-corrected chi connectivity index (χ0v) is 17.5. The summed E-state index contributed by atoms with van der Waals surface area (Å²) in [5.74, 6) is 0.219. The van der Waals surface area contributed by atoms with Gasteiger partial charge in [-0.05, 0) is 73.4 Å². The van der Waals surface area contributed by atoms with Crippen LogP contribution in [-0.2, 0) is 16.1 Å².